The predicted octanol–water partition coefficient (Wildman–Crippen LogP) is 1.64. The van der Waals surface area contributed by atoms with E-state index in [1.807, 2.05) is 24.2 Å². The number of nitrogens with zero attached hydrogens (tertiary/aromatic N) is 2. The zero-order chi connectivity index (χ0) is 12.8. The van der Waals surface area contributed by atoms with Crippen LogP contribution < -0.4 is 5.32 Å². The molecule has 2 N–H and O–H groups in total. The van der Waals surface area contributed by atoms with Gasteiger partial charge in [-0.05, 0) is 19.1 Å². The lowest BCUT2D eigenvalue weighted by Crippen LogP contribution is -2.39. The molecule has 2 rings (SSSR count). The molecule has 0 bridgehead atoms. The molecule has 1 aromatic heterocycles. The van der Waals surface area contributed by atoms with Crippen molar-refractivity contribution in [2.45, 2.75) is 50.1 Å². The topological polar surface area (TPSA) is 50.1 Å². The quantitative estimate of drug-likeness (QED) is 0.824. The van der Waals surface area contributed by atoms with Gasteiger partial charge in [0.25, 0.3) is 0 Å². The lowest BCUT2D eigenvalue weighted by molar-refractivity contribution is 0.269. The van der Waals surface area contributed by atoms with Gasteiger partial charge in [0, 0.05) is 29.6 Å². The normalized spacial score (nSPS) is 24.3. The van der Waals surface area contributed by atoms with Gasteiger partial charge in [-0.25, -0.2) is 0 Å². The molecule has 1 saturated carbocycles. The van der Waals surface area contributed by atoms with Crippen molar-refractivity contribution in [2.75, 3.05) is 12.9 Å². The summed E-state index contributed by atoms with van der Waals surface area (Å²) >= 11 is 1.99. The third-order valence-corrected chi connectivity index (χ3v) is 4.76. The summed E-state index contributed by atoms with van der Waals surface area (Å²) in [5.74, 6) is 0. The van der Waals surface area contributed by atoms with Crippen LogP contribution in [0.4, 0.5) is 0 Å². The SMILES string of the molecule is CSC1CCCCC1NCc1cnn(CCO)c1. The summed E-state index contributed by atoms with van der Waals surface area (Å²) in [5, 5.41) is 17.5. The monoisotopic (exact) mass is 269 g/mol. The minimum absolute atomic E-state index is 0.145. The Morgan fingerprint density at radius 2 is 2.33 bits per heavy atom. The van der Waals surface area contributed by atoms with E-state index in [0.29, 0.717) is 12.6 Å². The van der Waals surface area contributed by atoms with E-state index in [-0.39, 0.29) is 6.61 Å². The van der Waals surface area contributed by atoms with E-state index in [9.17, 15) is 0 Å². The molecule has 0 amide bonds. The number of hydrogen-bond donors (Lipinski definition) is 2. The van der Waals surface area contributed by atoms with Crippen LogP contribution in [0.25, 0.3) is 0 Å². The molecule has 1 aliphatic rings. The molecular formula is C13H23N3OS. The van der Waals surface area contributed by atoms with Crippen LogP contribution >= 0.6 is 11.8 Å². The molecule has 1 aliphatic carbocycles. The zero-order valence-electron chi connectivity index (χ0n) is 11.0. The Hall–Kier alpha value is -0.520. The molecule has 2 atom stereocenters. The second kappa shape index (κ2) is 7.16. The molecule has 0 saturated heterocycles. The summed E-state index contributed by atoms with van der Waals surface area (Å²) in [6.07, 6.45) is 11.5. The van der Waals surface area contributed by atoms with Crippen molar-refractivity contribution in [3.8, 4) is 0 Å². The second-order valence-corrected chi connectivity index (χ2v) is 5.96. The first-order valence-electron chi connectivity index (χ1n) is 6.72. The van der Waals surface area contributed by atoms with Crippen molar-refractivity contribution in [3.63, 3.8) is 0 Å². The van der Waals surface area contributed by atoms with Gasteiger partial charge >= 0.3 is 0 Å². The summed E-state index contributed by atoms with van der Waals surface area (Å²) < 4.78 is 1.80. The van der Waals surface area contributed by atoms with Gasteiger partial charge < -0.3 is 10.4 Å². The van der Waals surface area contributed by atoms with Crippen molar-refractivity contribution in [1.29, 1.82) is 0 Å². The lowest BCUT2D eigenvalue weighted by Gasteiger charge is -2.31. The molecule has 0 aromatic carbocycles. The standard InChI is InChI=1S/C13H23N3OS/c1-18-13-5-3-2-4-12(13)14-8-11-9-15-16(10-11)6-7-17/h9-10,12-14,17H,2-8H2,1H3. The average molecular weight is 269 g/mol. The first kappa shape index (κ1) is 13.9. The maximum absolute atomic E-state index is 8.85. The van der Waals surface area contributed by atoms with Crippen molar-refractivity contribution < 1.29 is 5.11 Å². The molecule has 1 fully saturated rings. The van der Waals surface area contributed by atoms with Gasteiger partial charge in [0.2, 0.25) is 0 Å². The largest absolute Gasteiger partial charge is 0.394 e. The second-order valence-electron chi connectivity index (χ2n) is 4.88. The summed E-state index contributed by atoms with van der Waals surface area (Å²) in [4.78, 5) is 0. The minimum Gasteiger partial charge on any atom is -0.394 e. The van der Waals surface area contributed by atoms with E-state index in [0.717, 1.165) is 11.8 Å². The van der Waals surface area contributed by atoms with Crippen LogP contribution in [0.15, 0.2) is 12.4 Å². The van der Waals surface area contributed by atoms with Crippen LogP contribution in [-0.4, -0.2) is 39.0 Å². The number of nitrogens with one attached hydrogen (secondary N) is 1. The van der Waals surface area contributed by atoms with Crippen molar-refractivity contribution in [1.82, 2.24) is 15.1 Å². The Morgan fingerprint density at radius 1 is 1.50 bits per heavy atom. The minimum atomic E-state index is 0.145. The predicted molar refractivity (Wildman–Crippen MR) is 75.7 cm³/mol. The fourth-order valence-electron chi connectivity index (χ4n) is 2.58. The molecule has 2 unspecified atom stereocenters. The number of aliphatic hydroxyl groups excluding tert-OH is 1. The van der Waals surface area contributed by atoms with Crippen LogP contribution in [-0.2, 0) is 13.1 Å². The first-order chi connectivity index (χ1) is 8.83. The third kappa shape index (κ3) is 3.73. The molecule has 1 aromatic rings. The molecule has 4 nitrogen and oxygen atoms in total. The molecule has 0 spiro atoms. The first-order valence-corrected chi connectivity index (χ1v) is 8.00. The van der Waals surface area contributed by atoms with Gasteiger partial charge in [-0.2, -0.15) is 16.9 Å². The molecule has 0 aliphatic heterocycles. The highest BCUT2D eigenvalue weighted by molar-refractivity contribution is 7.99. The summed E-state index contributed by atoms with van der Waals surface area (Å²) in [6, 6.07) is 0.634. The smallest absolute Gasteiger partial charge is 0.0640 e. The molecule has 102 valence electrons. The third-order valence-electron chi connectivity index (χ3n) is 3.59. The lowest BCUT2D eigenvalue weighted by atomic mass is 9.95. The number of aliphatic hydroxyl groups is 1. The molecular weight excluding hydrogens is 246 g/mol. The highest BCUT2D eigenvalue weighted by Gasteiger charge is 2.23. The van der Waals surface area contributed by atoms with Crippen LogP contribution in [0.5, 0.6) is 0 Å². The molecule has 0 radical (unpaired) electrons. The molecule has 18 heavy (non-hydrogen) atoms. The number of rotatable bonds is 6. The molecule has 5 heteroatoms. The van der Waals surface area contributed by atoms with Crippen LogP contribution in [0.2, 0.25) is 0 Å². The summed E-state index contributed by atoms with van der Waals surface area (Å²) in [7, 11) is 0. The molecule has 1 heterocycles. The van der Waals surface area contributed by atoms with Crippen molar-refractivity contribution >= 4 is 11.8 Å². The van der Waals surface area contributed by atoms with E-state index >= 15 is 0 Å². The Kier molecular flexibility index (Phi) is 5.53. The number of hydrogen-bond acceptors (Lipinski definition) is 4. The van der Waals surface area contributed by atoms with Crippen LogP contribution in [0, 0.1) is 0 Å². The Balaban J connectivity index is 1.81. The van der Waals surface area contributed by atoms with E-state index < -0.39 is 0 Å². The number of thioether (sulfide) groups is 1. The summed E-state index contributed by atoms with van der Waals surface area (Å²) in [6.45, 7) is 1.61. The van der Waals surface area contributed by atoms with Gasteiger partial charge in [-0.3, -0.25) is 4.68 Å². The van der Waals surface area contributed by atoms with Gasteiger partial charge in [-0.1, -0.05) is 12.8 Å². The maximum Gasteiger partial charge on any atom is 0.0640 e. The Bertz CT molecular complexity index is 356. The van der Waals surface area contributed by atoms with Crippen molar-refractivity contribution in [3.05, 3.63) is 18.0 Å². The fraction of sp³-hybridized carbons (Fsp3) is 0.769. The van der Waals surface area contributed by atoms with E-state index in [2.05, 4.69) is 16.7 Å². The Labute approximate surface area is 113 Å². The highest BCUT2D eigenvalue weighted by atomic mass is 32.2. The van der Waals surface area contributed by atoms with E-state index in [1.165, 1.54) is 31.2 Å². The van der Waals surface area contributed by atoms with Crippen LogP contribution in [0.1, 0.15) is 31.2 Å². The van der Waals surface area contributed by atoms with Crippen LogP contribution in [0.3, 0.4) is 0 Å². The van der Waals surface area contributed by atoms with E-state index in [4.69, 9.17) is 5.11 Å². The fourth-order valence-corrected chi connectivity index (χ4v) is 3.55. The van der Waals surface area contributed by atoms with Gasteiger partial charge in [0.05, 0.1) is 19.3 Å². The van der Waals surface area contributed by atoms with Crippen molar-refractivity contribution in [2.24, 2.45) is 0 Å². The van der Waals surface area contributed by atoms with E-state index in [1.54, 1.807) is 4.68 Å². The Morgan fingerprint density at radius 3 is 3.11 bits per heavy atom. The summed E-state index contributed by atoms with van der Waals surface area (Å²) in [5.41, 5.74) is 1.20. The van der Waals surface area contributed by atoms with Gasteiger partial charge in [-0.15, -0.1) is 0 Å². The maximum atomic E-state index is 8.85. The number of aromatic nitrogens is 2. The zero-order valence-corrected chi connectivity index (χ0v) is 11.8. The van der Waals surface area contributed by atoms with Gasteiger partial charge in [0.15, 0.2) is 0 Å². The van der Waals surface area contributed by atoms with Gasteiger partial charge in [0.1, 0.15) is 0 Å². The highest BCUT2D eigenvalue weighted by Crippen LogP contribution is 2.27. The average Bonchev–Trinajstić information content (AvgIpc) is 2.85.